The molecule has 0 radical (unpaired) electrons. The molecule has 1 aliphatic carbocycles. The van der Waals surface area contributed by atoms with Gasteiger partial charge in [0.2, 0.25) is 23.5 Å². The monoisotopic (exact) mass is 430 g/mol. The molecule has 2 heterocycles. The molecule has 2 aromatic carbocycles. The van der Waals surface area contributed by atoms with Crippen LogP contribution in [0, 0.1) is 19.8 Å². The molecule has 7 nitrogen and oxygen atoms in total. The average Bonchev–Trinajstić information content (AvgIpc) is 3.36. The molecule has 5 rings (SSSR count). The van der Waals surface area contributed by atoms with Crippen LogP contribution in [-0.2, 0) is 9.59 Å². The Morgan fingerprint density at radius 1 is 1.16 bits per heavy atom. The van der Waals surface area contributed by atoms with E-state index in [2.05, 4.69) is 15.5 Å². The molecular formula is C25H26N4O3. The summed E-state index contributed by atoms with van der Waals surface area (Å²) in [4.78, 5) is 31.8. The van der Waals surface area contributed by atoms with Gasteiger partial charge in [0.25, 0.3) is 0 Å². The molecule has 32 heavy (non-hydrogen) atoms. The van der Waals surface area contributed by atoms with Crippen molar-refractivity contribution >= 4 is 23.2 Å². The van der Waals surface area contributed by atoms with Crippen molar-refractivity contribution in [1.82, 2.24) is 10.1 Å². The number of carbonyl (C=O) groups is 2. The van der Waals surface area contributed by atoms with Gasteiger partial charge in [-0.1, -0.05) is 41.4 Å². The lowest BCUT2D eigenvalue weighted by Crippen LogP contribution is -2.28. The van der Waals surface area contributed by atoms with E-state index in [0.29, 0.717) is 24.2 Å². The molecule has 1 aliphatic heterocycles. The molecule has 1 unspecified atom stereocenters. The van der Waals surface area contributed by atoms with Crippen LogP contribution >= 0.6 is 0 Å². The standard InChI is InChI=1S/C25H26N4O3/c1-15-9-10-21(16(2)11-15)26-24(31)19-13-22(30)29(14-19)20-8-4-7-18(12-20)23-27-25(32-28-23)17-5-3-6-17/h4,7-12,17,19H,3,5-6,13-14H2,1-2H3,(H,26,31). The first-order valence-corrected chi connectivity index (χ1v) is 11.1. The first kappa shape index (κ1) is 20.4. The van der Waals surface area contributed by atoms with E-state index in [-0.39, 0.29) is 18.2 Å². The van der Waals surface area contributed by atoms with Crippen LogP contribution in [0.15, 0.2) is 47.0 Å². The maximum atomic E-state index is 12.8. The molecule has 1 atom stereocenters. The average molecular weight is 431 g/mol. The summed E-state index contributed by atoms with van der Waals surface area (Å²) in [5.74, 6) is 0.998. The second kappa shape index (κ2) is 8.22. The quantitative estimate of drug-likeness (QED) is 0.638. The van der Waals surface area contributed by atoms with Crippen LogP contribution in [0.25, 0.3) is 11.4 Å². The highest BCUT2D eigenvalue weighted by atomic mass is 16.5. The van der Waals surface area contributed by atoms with Crippen molar-refractivity contribution in [1.29, 1.82) is 0 Å². The zero-order valence-corrected chi connectivity index (χ0v) is 18.3. The number of aromatic nitrogens is 2. The zero-order chi connectivity index (χ0) is 22.2. The minimum atomic E-state index is -0.401. The van der Waals surface area contributed by atoms with Gasteiger partial charge in [-0.3, -0.25) is 9.59 Å². The van der Waals surface area contributed by atoms with Gasteiger partial charge in [-0.2, -0.15) is 4.98 Å². The van der Waals surface area contributed by atoms with E-state index >= 15 is 0 Å². The molecule has 0 bridgehead atoms. The normalized spacial score (nSPS) is 18.6. The number of carbonyl (C=O) groups excluding carboxylic acids is 2. The predicted molar refractivity (Wildman–Crippen MR) is 121 cm³/mol. The molecule has 2 amide bonds. The van der Waals surface area contributed by atoms with Crippen molar-refractivity contribution in [2.45, 2.75) is 45.4 Å². The highest BCUT2D eigenvalue weighted by Crippen LogP contribution is 2.36. The van der Waals surface area contributed by atoms with Crippen molar-refractivity contribution in [3.63, 3.8) is 0 Å². The summed E-state index contributed by atoms with van der Waals surface area (Å²) in [7, 11) is 0. The Morgan fingerprint density at radius 3 is 2.75 bits per heavy atom. The van der Waals surface area contributed by atoms with Gasteiger partial charge in [-0.05, 0) is 50.5 Å². The number of nitrogens with zero attached hydrogens (tertiary/aromatic N) is 3. The molecule has 1 N–H and O–H groups in total. The van der Waals surface area contributed by atoms with Crippen LogP contribution in [-0.4, -0.2) is 28.5 Å². The zero-order valence-electron chi connectivity index (χ0n) is 18.3. The molecule has 0 spiro atoms. The van der Waals surface area contributed by atoms with Gasteiger partial charge in [0, 0.05) is 35.8 Å². The van der Waals surface area contributed by atoms with Gasteiger partial charge in [-0.15, -0.1) is 0 Å². The Kier molecular flexibility index (Phi) is 5.25. The van der Waals surface area contributed by atoms with E-state index in [4.69, 9.17) is 4.52 Å². The van der Waals surface area contributed by atoms with Crippen LogP contribution in [0.1, 0.15) is 48.6 Å². The SMILES string of the molecule is Cc1ccc(NC(=O)C2CC(=O)N(c3cccc(-c4noc(C5CCC5)n4)c3)C2)c(C)c1. The van der Waals surface area contributed by atoms with Gasteiger partial charge in [-0.25, -0.2) is 0 Å². The number of benzene rings is 2. The van der Waals surface area contributed by atoms with Crippen molar-refractivity contribution in [2.24, 2.45) is 5.92 Å². The summed E-state index contributed by atoms with van der Waals surface area (Å²) in [6, 6.07) is 13.4. The third-order valence-electron chi connectivity index (χ3n) is 6.45. The molecule has 1 saturated carbocycles. The topological polar surface area (TPSA) is 88.3 Å². The van der Waals surface area contributed by atoms with E-state index in [9.17, 15) is 9.59 Å². The molecule has 164 valence electrons. The predicted octanol–water partition coefficient (Wildman–Crippen LogP) is 4.61. The molecule has 2 fully saturated rings. The Balaban J connectivity index is 1.30. The van der Waals surface area contributed by atoms with Crippen LogP contribution < -0.4 is 10.2 Å². The van der Waals surface area contributed by atoms with E-state index < -0.39 is 5.92 Å². The number of amides is 2. The first-order valence-electron chi connectivity index (χ1n) is 11.1. The van der Waals surface area contributed by atoms with Crippen LogP contribution in [0.2, 0.25) is 0 Å². The summed E-state index contributed by atoms with van der Waals surface area (Å²) in [5.41, 5.74) is 4.47. The van der Waals surface area contributed by atoms with Gasteiger partial charge in [0.15, 0.2) is 0 Å². The van der Waals surface area contributed by atoms with Crippen LogP contribution in [0.4, 0.5) is 11.4 Å². The van der Waals surface area contributed by atoms with Crippen molar-refractivity contribution in [3.05, 3.63) is 59.5 Å². The molecule has 1 saturated heterocycles. The Labute approximate surface area is 186 Å². The smallest absolute Gasteiger partial charge is 0.230 e. The lowest BCUT2D eigenvalue weighted by molar-refractivity contribution is -0.122. The van der Waals surface area contributed by atoms with Gasteiger partial charge in [0.1, 0.15) is 0 Å². The summed E-state index contributed by atoms with van der Waals surface area (Å²) in [6.07, 6.45) is 3.58. The summed E-state index contributed by atoms with van der Waals surface area (Å²) < 4.78 is 5.44. The third kappa shape index (κ3) is 3.90. The highest BCUT2D eigenvalue weighted by Gasteiger charge is 2.35. The summed E-state index contributed by atoms with van der Waals surface area (Å²) in [5, 5.41) is 7.11. The number of aryl methyl sites for hydroxylation is 2. The maximum Gasteiger partial charge on any atom is 0.230 e. The van der Waals surface area contributed by atoms with Gasteiger partial charge >= 0.3 is 0 Å². The minimum absolute atomic E-state index is 0.0637. The fourth-order valence-corrected chi connectivity index (χ4v) is 4.31. The first-order chi connectivity index (χ1) is 15.5. The lowest BCUT2D eigenvalue weighted by Gasteiger charge is -2.20. The Hall–Kier alpha value is -3.48. The van der Waals surface area contributed by atoms with E-state index in [0.717, 1.165) is 40.9 Å². The van der Waals surface area contributed by atoms with E-state index in [1.165, 1.54) is 6.42 Å². The van der Waals surface area contributed by atoms with E-state index in [1.807, 2.05) is 56.3 Å². The summed E-state index contributed by atoms with van der Waals surface area (Å²) >= 11 is 0. The van der Waals surface area contributed by atoms with E-state index in [1.54, 1.807) is 4.90 Å². The molecule has 3 aromatic rings. The van der Waals surface area contributed by atoms with Gasteiger partial charge in [0.05, 0.1) is 5.92 Å². The number of anilines is 2. The maximum absolute atomic E-state index is 12.8. The minimum Gasteiger partial charge on any atom is -0.339 e. The number of rotatable bonds is 5. The second-order valence-corrected chi connectivity index (χ2v) is 8.85. The second-order valence-electron chi connectivity index (χ2n) is 8.85. The molecule has 7 heteroatoms. The third-order valence-corrected chi connectivity index (χ3v) is 6.45. The van der Waals surface area contributed by atoms with Crippen molar-refractivity contribution < 1.29 is 14.1 Å². The van der Waals surface area contributed by atoms with Crippen molar-refractivity contribution in [3.8, 4) is 11.4 Å². The fraction of sp³-hybridized carbons (Fsp3) is 0.360. The van der Waals surface area contributed by atoms with Crippen molar-refractivity contribution in [2.75, 3.05) is 16.8 Å². The number of nitrogens with one attached hydrogen (secondary N) is 1. The Bertz CT molecular complexity index is 1180. The van der Waals surface area contributed by atoms with Crippen LogP contribution in [0.3, 0.4) is 0 Å². The summed E-state index contributed by atoms with van der Waals surface area (Å²) in [6.45, 7) is 4.33. The number of hydrogen-bond acceptors (Lipinski definition) is 5. The van der Waals surface area contributed by atoms with Gasteiger partial charge < -0.3 is 14.7 Å². The van der Waals surface area contributed by atoms with Crippen LogP contribution in [0.5, 0.6) is 0 Å². The largest absolute Gasteiger partial charge is 0.339 e. The highest BCUT2D eigenvalue weighted by molar-refractivity contribution is 6.03. The molecule has 1 aromatic heterocycles. The Morgan fingerprint density at radius 2 is 2.00 bits per heavy atom. The fourth-order valence-electron chi connectivity index (χ4n) is 4.31. The molecular weight excluding hydrogens is 404 g/mol. The molecule has 2 aliphatic rings. The number of hydrogen-bond donors (Lipinski definition) is 1. The lowest BCUT2D eigenvalue weighted by atomic mass is 9.85.